The van der Waals surface area contributed by atoms with E-state index in [9.17, 15) is 14.4 Å². The Morgan fingerprint density at radius 1 is 0.536 bits per heavy atom. The molecule has 0 unspecified atom stereocenters. The van der Waals surface area contributed by atoms with Crippen LogP contribution >= 0.6 is 0 Å². The van der Waals surface area contributed by atoms with Gasteiger partial charge in [-0.3, -0.25) is 19.2 Å². The number of hydrogen-bond acceptors (Lipinski definition) is 7. The maximum atomic E-state index is 10.0. The topological polar surface area (TPSA) is 227 Å². The van der Waals surface area contributed by atoms with Crippen LogP contribution in [0.25, 0.3) is 0 Å². The number of carbonyl (C=O) groups is 4. The molecule has 0 amide bonds. The lowest BCUT2D eigenvalue weighted by Gasteiger charge is -2.07. The minimum Gasteiger partial charge on any atom is -0.481 e. The molecule has 28 heavy (non-hydrogen) atoms. The molecular formula is C17H37N3O8. The molecule has 0 bridgehead atoms. The van der Waals surface area contributed by atoms with Crippen LogP contribution in [0.15, 0.2) is 0 Å². The molecule has 0 heterocycles. The van der Waals surface area contributed by atoms with Gasteiger partial charge in [-0.15, -0.1) is 0 Å². The maximum absolute atomic E-state index is 10.0. The quantitative estimate of drug-likeness (QED) is 0.313. The van der Waals surface area contributed by atoms with Crippen molar-refractivity contribution in [2.75, 3.05) is 0 Å². The lowest BCUT2D eigenvalue weighted by Crippen LogP contribution is -2.34. The summed E-state index contributed by atoms with van der Waals surface area (Å²) in [4.78, 5) is 39.0. The first-order valence-corrected chi connectivity index (χ1v) is 8.54. The predicted octanol–water partition coefficient (Wildman–Crippen LogP) is 0.254. The monoisotopic (exact) mass is 411 g/mol. The minimum atomic E-state index is -0.931. The van der Waals surface area contributed by atoms with Crippen LogP contribution in [-0.4, -0.2) is 62.4 Å². The minimum absolute atomic E-state index is 0.0208. The molecule has 0 saturated heterocycles. The third-order valence-electron chi connectivity index (χ3n) is 3.01. The number of carboxylic acids is 4. The molecule has 0 aliphatic rings. The van der Waals surface area contributed by atoms with E-state index in [0.717, 1.165) is 6.92 Å². The summed E-state index contributed by atoms with van der Waals surface area (Å²) in [5, 5.41) is 32.1. The second-order valence-electron chi connectivity index (χ2n) is 6.84. The summed E-state index contributed by atoms with van der Waals surface area (Å²) >= 11 is 0. The largest absolute Gasteiger partial charge is 0.481 e. The number of carboxylic acid groups (broad SMARTS) is 4. The first kappa shape index (κ1) is 33.4. The summed E-state index contributed by atoms with van der Waals surface area (Å²) in [5.74, 6) is -3.56. The van der Waals surface area contributed by atoms with Crippen LogP contribution in [0.4, 0.5) is 0 Å². The Morgan fingerprint density at radius 2 is 0.643 bits per heavy atom. The van der Waals surface area contributed by atoms with E-state index in [2.05, 4.69) is 0 Å². The summed E-state index contributed by atoms with van der Waals surface area (Å²) in [6.07, 6.45) is 0. The average molecular weight is 411 g/mol. The highest BCUT2D eigenvalue weighted by molar-refractivity contribution is 5.74. The average Bonchev–Trinajstić information content (AvgIpc) is 2.52. The summed E-state index contributed by atoms with van der Waals surface area (Å²) in [6, 6.07) is -2.14. The first-order valence-electron chi connectivity index (χ1n) is 8.54. The second-order valence-corrected chi connectivity index (χ2v) is 6.84. The predicted molar refractivity (Wildman–Crippen MR) is 105 cm³/mol. The molecule has 0 fully saturated rings. The van der Waals surface area contributed by atoms with Crippen molar-refractivity contribution in [1.82, 2.24) is 0 Å². The van der Waals surface area contributed by atoms with Gasteiger partial charge in [-0.1, -0.05) is 41.5 Å². The van der Waals surface area contributed by atoms with Gasteiger partial charge >= 0.3 is 17.9 Å². The van der Waals surface area contributed by atoms with Crippen LogP contribution in [0.5, 0.6) is 0 Å². The lowest BCUT2D eigenvalue weighted by molar-refractivity contribution is -0.140. The van der Waals surface area contributed by atoms with E-state index in [1.807, 2.05) is 0 Å². The van der Waals surface area contributed by atoms with Crippen molar-refractivity contribution in [3.8, 4) is 0 Å². The molecule has 0 rings (SSSR count). The van der Waals surface area contributed by atoms with Crippen molar-refractivity contribution in [1.29, 1.82) is 0 Å². The third kappa shape index (κ3) is 26.0. The smallest absolute Gasteiger partial charge is 0.320 e. The van der Waals surface area contributed by atoms with Crippen molar-refractivity contribution in [3.63, 3.8) is 0 Å². The van der Waals surface area contributed by atoms with Crippen LogP contribution in [0.1, 0.15) is 48.5 Å². The molecule has 0 aromatic carbocycles. The van der Waals surface area contributed by atoms with Gasteiger partial charge in [0.2, 0.25) is 0 Å². The van der Waals surface area contributed by atoms with Crippen molar-refractivity contribution in [3.05, 3.63) is 0 Å². The van der Waals surface area contributed by atoms with E-state index in [0.29, 0.717) is 0 Å². The van der Waals surface area contributed by atoms with Gasteiger partial charge in [-0.05, 0) is 17.8 Å². The zero-order valence-corrected chi connectivity index (χ0v) is 17.6. The van der Waals surface area contributed by atoms with Gasteiger partial charge in [0.05, 0.1) is 0 Å². The molecule has 0 aliphatic carbocycles. The summed E-state index contributed by atoms with van der Waals surface area (Å²) in [7, 11) is 0. The zero-order chi connectivity index (χ0) is 23.8. The molecule has 0 aromatic heterocycles. The molecule has 11 heteroatoms. The van der Waals surface area contributed by atoms with Gasteiger partial charge in [0.25, 0.3) is 5.97 Å². The fourth-order valence-corrected chi connectivity index (χ4v) is 0.855. The molecule has 0 radical (unpaired) electrons. The Morgan fingerprint density at radius 3 is 0.643 bits per heavy atom. The Balaban J connectivity index is -0.000000141. The van der Waals surface area contributed by atoms with E-state index in [-0.39, 0.29) is 17.8 Å². The summed E-state index contributed by atoms with van der Waals surface area (Å²) < 4.78 is 0. The molecule has 0 aromatic rings. The van der Waals surface area contributed by atoms with Gasteiger partial charge in [-0.25, -0.2) is 0 Å². The highest BCUT2D eigenvalue weighted by Gasteiger charge is 2.15. The molecule has 168 valence electrons. The van der Waals surface area contributed by atoms with Gasteiger partial charge in [-0.2, -0.15) is 0 Å². The van der Waals surface area contributed by atoms with Crippen molar-refractivity contribution in [2.45, 2.75) is 66.6 Å². The number of nitrogens with two attached hydrogens (primary N) is 3. The first-order chi connectivity index (χ1) is 12.4. The Labute approximate surface area is 165 Å². The maximum Gasteiger partial charge on any atom is 0.320 e. The van der Waals surface area contributed by atoms with Crippen LogP contribution < -0.4 is 17.2 Å². The van der Waals surface area contributed by atoms with Gasteiger partial charge in [0.1, 0.15) is 18.1 Å². The highest BCUT2D eigenvalue weighted by atomic mass is 16.4. The molecule has 10 N–H and O–H groups in total. The Hall–Kier alpha value is -2.24. The van der Waals surface area contributed by atoms with Crippen molar-refractivity contribution < 1.29 is 39.6 Å². The summed E-state index contributed by atoms with van der Waals surface area (Å²) in [5.41, 5.74) is 15.5. The normalized spacial score (nSPS) is 12.9. The summed E-state index contributed by atoms with van der Waals surface area (Å²) in [6.45, 7) is 11.7. The third-order valence-corrected chi connectivity index (χ3v) is 3.01. The van der Waals surface area contributed by atoms with Crippen LogP contribution in [-0.2, 0) is 19.2 Å². The fraction of sp³-hybridized carbons (Fsp3) is 0.765. The van der Waals surface area contributed by atoms with E-state index >= 15 is 0 Å². The molecule has 0 aliphatic heterocycles. The van der Waals surface area contributed by atoms with Crippen molar-refractivity contribution in [2.24, 2.45) is 35.0 Å². The van der Waals surface area contributed by atoms with E-state index < -0.39 is 42.0 Å². The van der Waals surface area contributed by atoms with Gasteiger partial charge < -0.3 is 37.6 Å². The Kier molecular flexibility index (Phi) is 21.6. The fourth-order valence-electron chi connectivity index (χ4n) is 0.855. The molecule has 0 spiro atoms. The lowest BCUT2D eigenvalue weighted by atomic mass is 10.1. The SMILES string of the molecule is CC(=O)O.CC(C)[C@H](N)C(=O)O.CC(C)[C@H](N)C(=O)O.CC(C)[C@H](N)C(=O)O. The molecule has 3 atom stereocenters. The van der Waals surface area contributed by atoms with Gasteiger partial charge in [0, 0.05) is 6.92 Å². The standard InChI is InChI=1S/3C5H11NO2.C2H4O2/c3*1-3(2)4(6)5(7)8;1-2(3)4/h3*3-4H,6H2,1-2H3,(H,7,8);1H3,(H,3,4)/t3*4-;/m000./s1. The van der Waals surface area contributed by atoms with E-state index in [1.165, 1.54) is 0 Å². The van der Waals surface area contributed by atoms with Crippen LogP contribution in [0.3, 0.4) is 0 Å². The number of aliphatic carboxylic acids is 4. The molecule has 11 nitrogen and oxygen atoms in total. The van der Waals surface area contributed by atoms with E-state index in [1.54, 1.807) is 41.5 Å². The van der Waals surface area contributed by atoms with Crippen LogP contribution in [0.2, 0.25) is 0 Å². The second kappa shape index (κ2) is 18.1. The number of hydrogen-bond donors (Lipinski definition) is 7. The molecule has 0 saturated carbocycles. The van der Waals surface area contributed by atoms with Crippen molar-refractivity contribution >= 4 is 23.9 Å². The zero-order valence-electron chi connectivity index (χ0n) is 17.6. The molecular weight excluding hydrogens is 374 g/mol. The Bertz CT molecular complexity index is 406. The number of rotatable bonds is 6. The van der Waals surface area contributed by atoms with E-state index in [4.69, 9.17) is 42.4 Å². The highest BCUT2D eigenvalue weighted by Crippen LogP contribution is 1.97. The van der Waals surface area contributed by atoms with Crippen LogP contribution in [0, 0.1) is 17.8 Å². The van der Waals surface area contributed by atoms with Gasteiger partial charge in [0.15, 0.2) is 0 Å².